The molecule has 0 radical (unpaired) electrons. The number of nitrogens with one attached hydrogen (secondary N) is 1. The molecule has 0 aliphatic carbocycles. The maximum Gasteiger partial charge on any atom is 0.323 e. The van der Waals surface area contributed by atoms with Crippen molar-refractivity contribution in [2.75, 3.05) is 0 Å². The number of ether oxygens (including phenoxy) is 1. The van der Waals surface area contributed by atoms with Crippen molar-refractivity contribution in [3.05, 3.63) is 35.9 Å². The quantitative estimate of drug-likeness (QED) is 0.797. The average Bonchev–Trinajstić information content (AvgIpc) is 2.35. The van der Waals surface area contributed by atoms with E-state index in [0.717, 1.165) is 5.56 Å². The van der Waals surface area contributed by atoms with Crippen molar-refractivity contribution in [2.24, 2.45) is 5.73 Å². The Hall–Kier alpha value is -1.88. The summed E-state index contributed by atoms with van der Waals surface area (Å²) in [7, 11) is 0. The number of benzene rings is 1. The molecular weight excluding hydrogens is 256 g/mol. The molecule has 0 aliphatic rings. The minimum atomic E-state index is -0.940. The van der Waals surface area contributed by atoms with Gasteiger partial charge in [-0.3, -0.25) is 9.59 Å². The zero-order valence-corrected chi connectivity index (χ0v) is 12.2. The first kappa shape index (κ1) is 16.2. The molecule has 0 aromatic heterocycles. The number of hydrogen-bond acceptors (Lipinski definition) is 4. The van der Waals surface area contributed by atoms with Gasteiger partial charge in [0.15, 0.2) is 0 Å². The summed E-state index contributed by atoms with van der Waals surface area (Å²) in [6.45, 7) is 5.69. The van der Waals surface area contributed by atoms with E-state index in [-0.39, 0.29) is 12.3 Å². The summed E-state index contributed by atoms with van der Waals surface area (Å²) in [5, 5.41) is 2.72. The molecule has 0 spiro atoms. The lowest BCUT2D eigenvalue weighted by molar-refractivity contribution is -0.157. The Labute approximate surface area is 119 Å². The summed E-state index contributed by atoms with van der Waals surface area (Å²) >= 11 is 0. The highest BCUT2D eigenvalue weighted by atomic mass is 16.6. The maximum absolute atomic E-state index is 11.7. The third kappa shape index (κ3) is 6.33. The van der Waals surface area contributed by atoms with Crippen molar-refractivity contribution in [3.8, 4) is 0 Å². The molecule has 0 fully saturated rings. The molecule has 0 saturated heterocycles. The first-order chi connectivity index (χ1) is 9.28. The van der Waals surface area contributed by atoms with Crippen molar-refractivity contribution < 1.29 is 14.3 Å². The topological polar surface area (TPSA) is 81.4 Å². The summed E-state index contributed by atoms with van der Waals surface area (Å²) in [6.07, 6.45) is -0.0816. The largest absolute Gasteiger partial charge is 0.459 e. The van der Waals surface area contributed by atoms with Gasteiger partial charge in [-0.25, -0.2) is 0 Å². The van der Waals surface area contributed by atoms with Crippen LogP contribution >= 0.6 is 0 Å². The number of rotatable bonds is 5. The second-order valence-corrected chi connectivity index (χ2v) is 5.61. The second-order valence-electron chi connectivity index (χ2n) is 5.61. The molecule has 1 aromatic carbocycles. The van der Waals surface area contributed by atoms with Crippen LogP contribution in [-0.4, -0.2) is 23.5 Å². The third-order valence-electron chi connectivity index (χ3n) is 2.45. The number of carbonyl (C=O) groups excluding carboxylic acids is 2. The molecule has 1 unspecified atom stereocenters. The Morgan fingerprint density at radius 1 is 1.25 bits per heavy atom. The lowest BCUT2D eigenvalue weighted by Gasteiger charge is -2.22. The zero-order valence-electron chi connectivity index (χ0n) is 12.2. The molecule has 5 nitrogen and oxygen atoms in total. The van der Waals surface area contributed by atoms with Gasteiger partial charge in [0.1, 0.15) is 11.6 Å². The lowest BCUT2D eigenvalue weighted by atomic mass is 10.1. The SMILES string of the molecule is CC(C)(C)OC(=O)C(N)CC(=O)NCc1ccccc1. The molecule has 20 heavy (non-hydrogen) atoms. The van der Waals surface area contributed by atoms with Crippen LogP contribution in [0.25, 0.3) is 0 Å². The van der Waals surface area contributed by atoms with Gasteiger partial charge in [0.05, 0.1) is 6.42 Å². The van der Waals surface area contributed by atoms with Crippen molar-refractivity contribution in [1.82, 2.24) is 5.32 Å². The predicted octanol–water partition coefficient (Wildman–Crippen LogP) is 1.36. The molecule has 3 N–H and O–H groups in total. The van der Waals surface area contributed by atoms with E-state index in [2.05, 4.69) is 5.32 Å². The summed E-state index contributed by atoms with van der Waals surface area (Å²) in [6, 6.07) is 8.58. The van der Waals surface area contributed by atoms with Gasteiger partial charge >= 0.3 is 5.97 Å². The van der Waals surface area contributed by atoms with Crippen LogP contribution in [-0.2, 0) is 20.9 Å². The Bertz CT molecular complexity index is 452. The summed E-state index contributed by atoms with van der Waals surface area (Å²) in [5.74, 6) is -0.834. The Morgan fingerprint density at radius 3 is 2.40 bits per heavy atom. The van der Waals surface area contributed by atoms with Gasteiger partial charge in [-0.1, -0.05) is 30.3 Å². The van der Waals surface area contributed by atoms with E-state index in [1.807, 2.05) is 30.3 Å². The molecule has 1 rings (SSSR count). The average molecular weight is 278 g/mol. The van der Waals surface area contributed by atoms with E-state index in [0.29, 0.717) is 6.54 Å². The van der Waals surface area contributed by atoms with E-state index in [1.54, 1.807) is 20.8 Å². The molecule has 0 bridgehead atoms. The van der Waals surface area contributed by atoms with E-state index in [1.165, 1.54) is 0 Å². The van der Waals surface area contributed by atoms with Crippen LogP contribution < -0.4 is 11.1 Å². The fourth-order valence-electron chi connectivity index (χ4n) is 1.53. The molecule has 5 heteroatoms. The fraction of sp³-hybridized carbons (Fsp3) is 0.467. The summed E-state index contributed by atoms with van der Waals surface area (Å²) in [4.78, 5) is 23.3. The van der Waals surface area contributed by atoms with Crippen molar-refractivity contribution >= 4 is 11.9 Å². The molecule has 0 saturated carbocycles. The lowest BCUT2D eigenvalue weighted by Crippen LogP contribution is -2.41. The fourth-order valence-corrected chi connectivity index (χ4v) is 1.53. The normalized spacial score (nSPS) is 12.6. The standard InChI is InChI=1S/C15H22N2O3/c1-15(2,3)20-14(19)12(16)9-13(18)17-10-11-7-5-4-6-8-11/h4-8,12H,9-10,16H2,1-3H3,(H,17,18). The smallest absolute Gasteiger partial charge is 0.323 e. The minimum absolute atomic E-state index is 0.0816. The van der Waals surface area contributed by atoms with Crippen LogP contribution in [0.4, 0.5) is 0 Å². The van der Waals surface area contributed by atoms with Gasteiger partial charge in [-0.05, 0) is 26.3 Å². The van der Waals surface area contributed by atoms with Gasteiger partial charge in [-0.2, -0.15) is 0 Å². The van der Waals surface area contributed by atoms with Gasteiger partial charge in [0.25, 0.3) is 0 Å². The third-order valence-corrected chi connectivity index (χ3v) is 2.45. The van der Waals surface area contributed by atoms with Gasteiger partial charge < -0.3 is 15.8 Å². The Kier molecular flexibility index (Phi) is 5.70. The number of nitrogens with two attached hydrogens (primary N) is 1. The molecular formula is C15H22N2O3. The first-order valence-corrected chi connectivity index (χ1v) is 6.57. The van der Waals surface area contributed by atoms with Crippen LogP contribution in [0.5, 0.6) is 0 Å². The zero-order chi connectivity index (χ0) is 15.2. The summed E-state index contributed by atoms with van der Waals surface area (Å²) < 4.78 is 5.12. The highest BCUT2D eigenvalue weighted by molar-refractivity contribution is 5.85. The van der Waals surface area contributed by atoms with Gasteiger partial charge in [-0.15, -0.1) is 0 Å². The highest BCUT2D eigenvalue weighted by Crippen LogP contribution is 2.09. The van der Waals surface area contributed by atoms with Crippen LogP contribution in [0.2, 0.25) is 0 Å². The van der Waals surface area contributed by atoms with Crippen LogP contribution in [0.1, 0.15) is 32.8 Å². The monoisotopic (exact) mass is 278 g/mol. The molecule has 0 aliphatic heterocycles. The van der Waals surface area contributed by atoms with Crippen molar-refractivity contribution in [1.29, 1.82) is 0 Å². The van der Waals surface area contributed by atoms with E-state index in [9.17, 15) is 9.59 Å². The Morgan fingerprint density at radius 2 is 1.85 bits per heavy atom. The van der Waals surface area contributed by atoms with Gasteiger partial charge in [0.2, 0.25) is 5.91 Å². The summed E-state index contributed by atoms with van der Waals surface area (Å²) in [5.41, 5.74) is 6.05. The van der Waals surface area contributed by atoms with Crippen LogP contribution in [0.15, 0.2) is 30.3 Å². The molecule has 110 valence electrons. The second kappa shape index (κ2) is 7.05. The number of carbonyl (C=O) groups is 2. The first-order valence-electron chi connectivity index (χ1n) is 6.57. The molecule has 1 aromatic rings. The van der Waals surface area contributed by atoms with Gasteiger partial charge in [0, 0.05) is 6.54 Å². The van der Waals surface area contributed by atoms with Crippen molar-refractivity contribution in [3.63, 3.8) is 0 Å². The Balaban J connectivity index is 2.36. The highest BCUT2D eigenvalue weighted by Gasteiger charge is 2.23. The van der Waals surface area contributed by atoms with Crippen molar-refractivity contribution in [2.45, 2.75) is 45.4 Å². The number of hydrogen-bond donors (Lipinski definition) is 2. The van der Waals surface area contributed by atoms with E-state index in [4.69, 9.17) is 10.5 Å². The molecule has 1 atom stereocenters. The minimum Gasteiger partial charge on any atom is -0.459 e. The maximum atomic E-state index is 11.7. The predicted molar refractivity (Wildman–Crippen MR) is 76.7 cm³/mol. The molecule has 1 amide bonds. The van der Waals surface area contributed by atoms with Crippen LogP contribution in [0.3, 0.4) is 0 Å². The number of amides is 1. The van der Waals surface area contributed by atoms with E-state index >= 15 is 0 Å². The van der Waals surface area contributed by atoms with Crippen LogP contribution in [0, 0.1) is 0 Å². The molecule has 0 heterocycles. The van der Waals surface area contributed by atoms with E-state index < -0.39 is 17.6 Å². The number of esters is 1.